The number of fused-ring (bicyclic) bond motifs is 1. The predicted octanol–water partition coefficient (Wildman–Crippen LogP) is 4.05. The van der Waals surface area contributed by atoms with Gasteiger partial charge in [-0.3, -0.25) is 9.10 Å². The molecule has 0 bridgehead atoms. The lowest BCUT2D eigenvalue weighted by Gasteiger charge is -2.25. The van der Waals surface area contributed by atoms with Crippen molar-refractivity contribution in [2.75, 3.05) is 17.1 Å². The van der Waals surface area contributed by atoms with Crippen LogP contribution in [0.3, 0.4) is 0 Å². The van der Waals surface area contributed by atoms with Gasteiger partial charge in [0.25, 0.3) is 0 Å². The minimum Gasteiger partial charge on any atom is -0.350 e. The van der Waals surface area contributed by atoms with Crippen molar-refractivity contribution in [1.29, 1.82) is 0 Å². The van der Waals surface area contributed by atoms with Crippen LogP contribution in [0.25, 0.3) is 10.8 Å². The van der Waals surface area contributed by atoms with Crippen LogP contribution in [-0.4, -0.2) is 27.1 Å². The second kappa shape index (κ2) is 8.66. The van der Waals surface area contributed by atoms with Crippen LogP contribution in [0.1, 0.15) is 30.9 Å². The standard InChI is InChI=1S/C23H26N2O3S/c1-17(2)20-12-6-7-14-22(20)25(29(3,27)28)16-23(26)24-15-19-11-8-10-18-9-4-5-13-21(18)19/h4-14,17H,15-16H2,1-3H3,(H,24,26). The van der Waals surface area contributed by atoms with Gasteiger partial charge in [-0.15, -0.1) is 0 Å². The van der Waals surface area contributed by atoms with Crippen LogP contribution in [0, 0.1) is 0 Å². The Morgan fingerprint density at radius 3 is 2.34 bits per heavy atom. The summed E-state index contributed by atoms with van der Waals surface area (Å²) in [5, 5.41) is 5.04. The van der Waals surface area contributed by atoms with Crippen LogP contribution in [0.5, 0.6) is 0 Å². The van der Waals surface area contributed by atoms with E-state index in [1.54, 1.807) is 12.1 Å². The number of anilines is 1. The Bertz CT molecular complexity index is 1120. The minimum atomic E-state index is -3.61. The summed E-state index contributed by atoms with van der Waals surface area (Å²) in [4.78, 5) is 12.6. The first kappa shape index (κ1) is 20.9. The van der Waals surface area contributed by atoms with E-state index in [9.17, 15) is 13.2 Å². The van der Waals surface area contributed by atoms with Crippen molar-refractivity contribution < 1.29 is 13.2 Å². The van der Waals surface area contributed by atoms with Crippen LogP contribution >= 0.6 is 0 Å². The summed E-state index contributed by atoms with van der Waals surface area (Å²) in [6.07, 6.45) is 1.13. The molecule has 0 unspecified atom stereocenters. The van der Waals surface area contributed by atoms with E-state index < -0.39 is 10.0 Å². The van der Waals surface area contributed by atoms with E-state index in [1.807, 2.05) is 68.4 Å². The third kappa shape index (κ3) is 4.95. The molecule has 29 heavy (non-hydrogen) atoms. The molecule has 1 N–H and O–H groups in total. The maximum Gasteiger partial charge on any atom is 0.241 e. The Hall–Kier alpha value is -2.86. The molecule has 0 saturated heterocycles. The molecule has 0 heterocycles. The van der Waals surface area contributed by atoms with E-state index in [4.69, 9.17) is 0 Å². The fourth-order valence-corrected chi connectivity index (χ4v) is 4.29. The highest BCUT2D eigenvalue weighted by Gasteiger charge is 2.23. The first-order valence-corrected chi connectivity index (χ1v) is 11.4. The van der Waals surface area contributed by atoms with E-state index >= 15 is 0 Å². The van der Waals surface area contributed by atoms with Crippen molar-refractivity contribution in [1.82, 2.24) is 5.32 Å². The number of hydrogen-bond acceptors (Lipinski definition) is 3. The molecule has 1 amide bonds. The van der Waals surface area contributed by atoms with Gasteiger partial charge in [0.15, 0.2) is 0 Å². The first-order valence-electron chi connectivity index (χ1n) is 9.57. The summed E-state index contributed by atoms with van der Waals surface area (Å²) in [5.74, 6) is -0.212. The zero-order valence-electron chi connectivity index (χ0n) is 16.9. The number of hydrogen-bond donors (Lipinski definition) is 1. The predicted molar refractivity (Wildman–Crippen MR) is 119 cm³/mol. The van der Waals surface area contributed by atoms with Crippen molar-refractivity contribution in [3.05, 3.63) is 77.9 Å². The van der Waals surface area contributed by atoms with Crippen LogP contribution in [-0.2, 0) is 21.4 Å². The molecular formula is C23H26N2O3S. The molecule has 0 aliphatic heterocycles. The summed E-state index contributed by atoms with van der Waals surface area (Å²) in [6, 6.07) is 21.2. The van der Waals surface area contributed by atoms with Crippen molar-refractivity contribution in [2.24, 2.45) is 0 Å². The van der Waals surface area contributed by atoms with Crippen molar-refractivity contribution in [3.8, 4) is 0 Å². The Morgan fingerprint density at radius 2 is 1.62 bits per heavy atom. The largest absolute Gasteiger partial charge is 0.350 e. The molecule has 0 aliphatic rings. The average Bonchev–Trinajstić information content (AvgIpc) is 2.69. The van der Waals surface area contributed by atoms with Gasteiger partial charge in [-0.05, 0) is 33.9 Å². The zero-order chi connectivity index (χ0) is 21.0. The Balaban J connectivity index is 1.80. The number of benzene rings is 3. The molecule has 152 valence electrons. The number of nitrogens with one attached hydrogen (secondary N) is 1. The molecule has 5 nitrogen and oxygen atoms in total. The van der Waals surface area contributed by atoms with Gasteiger partial charge < -0.3 is 5.32 Å². The highest BCUT2D eigenvalue weighted by Crippen LogP contribution is 2.28. The van der Waals surface area contributed by atoms with Gasteiger partial charge in [0.1, 0.15) is 6.54 Å². The Labute approximate surface area is 172 Å². The summed E-state index contributed by atoms with van der Waals surface area (Å²) in [6.45, 7) is 4.08. The minimum absolute atomic E-state index is 0.134. The topological polar surface area (TPSA) is 66.5 Å². The first-order chi connectivity index (χ1) is 13.8. The van der Waals surface area contributed by atoms with Crippen LogP contribution < -0.4 is 9.62 Å². The second-order valence-electron chi connectivity index (χ2n) is 7.40. The number of carbonyl (C=O) groups is 1. The third-order valence-corrected chi connectivity index (χ3v) is 6.00. The third-order valence-electron chi connectivity index (χ3n) is 4.87. The maximum atomic E-state index is 12.6. The number of nitrogens with zero attached hydrogens (tertiary/aromatic N) is 1. The fourth-order valence-electron chi connectivity index (χ4n) is 3.41. The van der Waals surface area contributed by atoms with Gasteiger partial charge in [-0.1, -0.05) is 74.5 Å². The van der Waals surface area contributed by atoms with Crippen molar-refractivity contribution in [3.63, 3.8) is 0 Å². The van der Waals surface area contributed by atoms with Gasteiger partial charge in [0, 0.05) is 6.54 Å². The molecule has 0 aromatic heterocycles. The second-order valence-corrected chi connectivity index (χ2v) is 9.30. The van der Waals surface area contributed by atoms with Gasteiger partial charge in [-0.25, -0.2) is 8.42 Å². The van der Waals surface area contributed by atoms with E-state index in [0.29, 0.717) is 12.2 Å². The zero-order valence-corrected chi connectivity index (χ0v) is 17.7. The van der Waals surface area contributed by atoms with Crippen LogP contribution in [0.2, 0.25) is 0 Å². The fraction of sp³-hybridized carbons (Fsp3) is 0.261. The van der Waals surface area contributed by atoms with Gasteiger partial charge >= 0.3 is 0 Å². The van der Waals surface area contributed by atoms with Crippen molar-refractivity contribution >= 4 is 32.4 Å². The maximum absolute atomic E-state index is 12.6. The van der Waals surface area contributed by atoms with Gasteiger partial charge in [-0.2, -0.15) is 0 Å². The average molecular weight is 411 g/mol. The Kier molecular flexibility index (Phi) is 6.23. The molecule has 3 aromatic rings. The number of sulfonamides is 1. The van der Waals surface area contributed by atoms with E-state index in [0.717, 1.165) is 28.2 Å². The molecular weight excluding hydrogens is 384 g/mol. The molecule has 0 aliphatic carbocycles. The van der Waals surface area contributed by atoms with Crippen LogP contribution in [0.4, 0.5) is 5.69 Å². The summed E-state index contributed by atoms with van der Waals surface area (Å²) >= 11 is 0. The smallest absolute Gasteiger partial charge is 0.241 e. The highest BCUT2D eigenvalue weighted by atomic mass is 32.2. The molecule has 3 rings (SSSR count). The SMILES string of the molecule is CC(C)c1ccccc1N(CC(=O)NCc1cccc2ccccc12)S(C)(=O)=O. The number of amides is 1. The van der Waals surface area contributed by atoms with Gasteiger partial charge in [0.05, 0.1) is 11.9 Å². The quantitative estimate of drug-likeness (QED) is 0.639. The lowest BCUT2D eigenvalue weighted by atomic mass is 10.0. The number of rotatable bonds is 7. The van der Waals surface area contributed by atoms with Crippen LogP contribution in [0.15, 0.2) is 66.7 Å². The lowest BCUT2D eigenvalue weighted by Crippen LogP contribution is -2.40. The van der Waals surface area contributed by atoms with E-state index in [1.165, 1.54) is 4.31 Å². The Morgan fingerprint density at radius 1 is 0.966 bits per heavy atom. The summed E-state index contributed by atoms with van der Waals surface area (Å²) in [5.41, 5.74) is 2.43. The van der Waals surface area contributed by atoms with Gasteiger partial charge in [0.2, 0.25) is 15.9 Å². The number of carbonyl (C=O) groups excluding carboxylic acids is 1. The number of para-hydroxylation sites is 1. The lowest BCUT2D eigenvalue weighted by molar-refractivity contribution is -0.119. The summed E-state index contributed by atoms with van der Waals surface area (Å²) < 4.78 is 26.1. The molecule has 0 spiro atoms. The van der Waals surface area contributed by atoms with E-state index in [2.05, 4.69) is 5.32 Å². The summed E-state index contributed by atoms with van der Waals surface area (Å²) in [7, 11) is -3.61. The molecule has 6 heteroatoms. The molecule has 0 saturated carbocycles. The van der Waals surface area contributed by atoms with E-state index in [-0.39, 0.29) is 18.4 Å². The molecule has 0 atom stereocenters. The highest BCUT2D eigenvalue weighted by molar-refractivity contribution is 7.92. The molecule has 3 aromatic carbocycles. The molecule has 0 fully saturated rings. The van der Waals surface area contributed by atoms with Crippen molar-refractivity contribution in [2.45, 2.75) is 26.3 Å². The molecule has 0 radical (unpaired) electrons. The monoisotopic (exact) mass is 410 g/mol. The normalized spacial score (nSPS) is 11.6.